The third-order valence-corrected chi connectivity index (χ3v) is 4.31. The van der Waals surface area contributed by atoms with E-state index in [1.54, 1.807) is 30.8 Å². The van der Waals surface area contributed by atoms with Crippen LogP contribution in [0.5, 0.6) is 0 Å². The van der Waals surface area contributed by atoms with Gasteiger partial charge in [0, 0.05) is 26.3 Å². The molecule has 19 heavy (non-hydrogen) atoms. The smallest absolute Gasteiger partial charge is 0.235 e. The summed E-state index contributed by atoms with van der Waals surface area (Å²) in [5, 5.41) is 0.864. The summed E-state index contributed by atoms with van der Waals surface area (Å²) in [4.78, 5) is 18.2. The second-order valence-corrected chi connectivity index (χ2v) is 6.37. The number of hydrogen-bond acceptors (Lipinski definition) is 3. The average Bonchev–Trinajstić information content (AvgIpc) is 2.61. The van der Waals surface area contributed by atoms with Crippen LogP contribution >= 0.6 is 11.8 Å². The quantitative estimate of drug-likeness (QED) is 0.754. The molecule has 1 aromatic rings. The summed E-state index contributed by atoms with van der Waals surface area (Å²) in [6, 6.07) is 0. The van der Waals surface area contributed by atoms with Crippen molar-refractivity contribution < 1.29 is 4.79 Å². The maximum atomic E-state index is 11.9. The molecule has 4 nitrogen and oxygen atoms in total. The Hall–Kier alpha value is -0.970. The van der Waals surface area contributed by atoms with Crippen molar-refractivity contribution in [2.24, 2.45) is 0 Å². The van der Waals surface area contributed by atoms with E-state index in [2.05, 4.69) is 23.4 Å². The highest BCUT2D eigenvalue weighted by Gasteiger charge is 2.20. The third kappa shape index (κ3) is 4.00. The average molecular weight is 283 g/mol. The predicted molar refractivity (Wildman–Crippen MR) is 80.6 cm³/mol. The Morgan fingerprint density at radius 1 is 1.42 bits per heavy atom. The van der Waals surface area contributed by atoms with Gasteiger partial charge < -0.3 is 9.47 Å². The van der Waals surface area contributed by atoms with Gasteiger partial charge in [0.1, 0.15) is 0 Å². The van der Waals surface area contributed by atoms with Crippen LogP contribution in [0.4, 0.5) is 0 Å². The van der Waals surface area contributed by atoms with Crippen molar-refractivity contribution in [1.82, 2.24) is 14.5 Å². The summed E-state index contributed by atoms with van der Waals surface area (Å²) in [5.41, 5.74) is 2.27. The van der Waals surface area contributed by atoms with E-state index in [0.717, 1.165) is 30.2 Å². The molecule has 0 aliphatic carbocycles. The fraction of sp³-hybridized carbons (Fsp3) is 0.714. The molecule has 0 spiro atoms. The molecule has 0 aromatic carbocycles. The first-order valence-electron chi connectivity index (χ1n) is 6.80. The summed E-state index contributed by atoms with van der Waals surface area (Å²) >= 11 is 1.55. The van der Waals surface area contributed by atoms with Crippen LogP contribution in [0.1, 0.15) is 38.1 Å². The number of imidazole rings is 1. The van der Waals surface area contributed by atoms with Crippen LogP contribution in [0, 0.1) is 13.8 Å². The first-order chi connectivity index (χ1) is 8.88. The lowest BCUT2D eigenvalue weighted by atomic mass is 10.3. The fourth-order valence-corrected chi connectivity index (χ4v) is 3.04. The molecule has 0 fully saturated rings. The van der Waals surface area contributed by atoms with Gasteiger partial charge in [-0.2, -0.15) is 0 Å². The lowest BCUT2D eigenvalue weighted by molar-refractivity contribution is -0.127. The number of carbonyl (C=O) groups is 1. The zero-order valence-electron chi connectivity index (χ0n) is 12.9. The zero-order valence-corrected chi connectivity index (χ0v) is 13.7. The minimum absolute atomic E-state index is 0.100. The molecule has 1 heterocycles. The summed E-state index contributed by atoms with van der Waals surface area (Å²) in [6.07, 6.45) is 2.30. The summed E-state index contributed by atoms with van der Waals surface area (Å²) in [7, 11) is 3.58. The van der Waals surface area contributed by atoms with Gasteiger partial charge in [0.25, 0.3) is 0 Å². The number of amides is 1. The van der Waals surface area contributed by atoms with Gasteiger partial charge >= 0.3 is 0 Å². The molecule has 0 bridgehead atoms. The molecule has 1 aromatic heterocycles. The lowest BCUT2D eigenvalue weighted by Crippen LogP contribution is -2.29. The van der Waals surface area contributed by atoms with E-state index in [0.29, 0.717) is 0 Å². The van der Waals surface area contributed by atoms with Crippen molar-refractivity contribution in [3.63, 3.8) is 0 Å². The highest BCUT2D eigenvalue weighted by atomic mass is 32.2. The van der Waals surface area contributed by atoms with Gasteiger partial charge in [-0.25, -0.2) is 4.98 Å². The molecule has 1 rings (SSSR count). The van der Waals surface area contributed by atoms with Crippen LogP contribution in [-0.4, -0.2) is 39.7 Å². The van der Waals surface area contributed by atoms with Crippen molar-refractivity contribution in [2.45, 2.75) is 57.5 Å². The standard InChI is InChI=1S/C14H25N3OS/c1-7-8-9-17-11(3)10(2)15-14(17)19-12(4)13(18)16(5)6/h12H,7-9H2,1-6H3. The number of aromatic nitrogens is 2. The molecule has 0 saturated carbocycles. The second-order valence-electron chi connectivity index (χ2n) is 5.06. The highest BCUT2D eigenvalue weighted by molar-refractivity contribution is 8.00. The SMILES string of the molecule is CCCCn1c(SC(C)C(=O)N(C)C)nc(C)c1C. The van der Waals surface area contributed by atoms with Crippen LogP contribution in [0.2, 0.25) is 0 Å². The molecule has 0 saturated heterocycles. The van der Waals surface area contributed by atoms with Gasteiger partial charge in [-0.05, 0) is 27.2 Å². The van der Waals surface area contributed by atoms with Crippen LogP contribution in [0.25, 0.3) is 0 Å². The van der Waals surface area contributed by atoms with Gasteiger partial charge in [-0.3, -0.25) is 4.79 Å². The Kier molecular flexibility index (Phi) is 5.91. The summed E-state index contributed by atoms with van der Waals surface area (Å²) < 4.78 is 2.24. The van der Waals surface area contributed by atoms with Crippen molar-refractivity contribution in [1.29, 1.82) is 0 Å². The van der Waals surface area contributed by atoms with E-state index in [-0.39, 0.29) is 11.2 Å². The first-order valence-corrected chi connectivity index (χ1v) is 7.68. The van der Waals surface area contributed by atoms with Crippen molar-refractivity contribution in [3.05, 3.63) is 11.4 Å². The number of carbonyl (C=O) groups excluding carboxylic acids is 1. The second kappa shape index (κ2) is 6.98. The molecular formula is C14H25N3OS. The lowest BCUT2D eigenvalue weighted by Gasteiger charge is -2.17. The van der Waals surface area contributed by atoms with Crippen LogP contribution in [0.15, 0.2) is 5.16 Å². The molecule has 0 N–H and O–H groups in total. The Morgan fingerprint density at radius 2 is 2.05 bits per heavy atom. The van der Waals surface area contributed by atoms with E-state index < -0.39 is 0 Å². The molecule has 1 unspecified atom stereocenters. The normalized spacial score (nSPS) is 12.5. The highest BCUT2D eigenvalue weighted by Crippen LogP contribution is 2.26. The zero-order chi connectivity index (χ0) is 14.6. The van der Waals surface area contributed by atoms with Crippen molar-refractivity contribution >= 4 is 17.7 Å². The molecular weight excluding hydrogens is 258 g/mol. The van der Waals surface area contributed by atoms with E-state index in [1.807, 2.05) is 13.8 Å². The molecule has 1 atom stereocenters. The van der Waals surface area contributed by atoms with Crippen LogP contribution in [-0.2, 0) is 11.3 Å². The van der Waals surface area contributed by atoms with E-state index >= 15 is 0 Å². The molecule has 0 radical (unpaired) electrons. The van der Waals surface area contributed by atoms with Crippen LogP contribution < -0.4 is 0 Å². The monoisotopic (exact) mass is 283 g/mol. The minimum atomic E-state index is -0.100. The molecule has 0 aliphatic rings. The predicted octanol–water partition coefficient (Wildman–Crippen LogP) is 2.87. The van der Waals surface area contributed by atoms with Gasteiger partial charge in [0.05, 0.1) is 10.9 Å². The van der Waals surface area contributed by atoms with Crippen molar-refractivity contribution in [3.8, 4) is 0 Å². The van der Waals surface area contributed by atoms with E-state index in [1.165, 1.54) is 5.69 Å². The van der Waals surface area contributed by atoms with E-state index in [4.69, 9.17) is 0 Å². The largest absolute Gasteiger partial charge is 0.348 e. The Labute approximate surface area is 120 Å². The van der Waals surface area contributed by atoms with Crippen LogP contribution in [0.3, 0.4) is 0 Å². The third-order valence-electron chi connectivity index (χ3n) is 3.23. The number of nitrogens with zero attached hydrogens (tertiary/aromatic N) is 3. The number of unbranched alkanes of at least 4 members (excludes halogenated alkanes) is 1. The fourth-order valence-electron chi connectivity index (χ4n) is 1.87. The molecule has 5 heteroatoms. The maximum Gasteiger partial charge on any atom is 0.235 e. The van der Waals surface area contributed by atoms with Gasteiger partial charge in [0.15, 0.2) is 5.16 Å². The number of aryl methyl sites for hydroxylation is 1. The summed E-state index contributed by atoms with van der Waals surface area (Å²) in [5.74, 6) is 0.130. The van der Waals surface area contributed by atoms with Gasteiger partial charge in [-0.15, -0.1) is 0 Å². The Bertz CT molecular complexity index is 440. The summed E-state index contributed by atoms with van der Waals surface area (Å²) in [6.45, 7) is 9.23. The Morgan fingerprint density at radius 3 is 2.58 bits per heavy atom. The minimum Gasteiger partial charge on any atom is -0.348 e. The number of thioether (sulfide) groups is 1. The molecule has 1 amide bonds. The first kappa shape index (κ1) is 16.1. The van der Waals surface area contributed by atoms with Gasteiger partial charge in [-0.1, -0.05) is 25.1 Å². The molecule has 108 valence electrons. The number of rotatable bonds is 6. The van der Waals surface area contributed by atoms with Gasteiger partial charge in [0.2, 0.25) is 5.91 Å². The Balaban J connectivity index is 2.88. The molecule has 0 aliphatic heterocycles. The van der Waals surface area contributed by atoms with E-state index in [9.17, 15) is 4.79 Å². The topological polar surface area (TPSA) is 38.1 Å². The number of hydrogen-bond donors (Lipinski definition) is 0. The van der Waals surface area contributed by atoms with Crippen molar-refractivity contribution in [2.75, 3.05) is 14.1 Å². The maximum absolute atomic E-state index is 11.9.